The molecule has 2 rings (SSSR count). The maximum atomic E-state index is 12.5. The number of amides is 2. The van der Waals surface area contributed by atoms with Crippen LogP contribution in [0.3, 0.4) is 0 Å². The Balaban J connectivity index is 1.80. The molecule has 0 spiro atoms. The molecule has 1 aromatic carbocycles. The van der Waals surface area contributed by atoms with Gasteiger partial charge in [0.15, 0.2) is 0 Å². The van der Waals surface area contributed by atoms with Crippen molar-refractivity contribution in [1.82, 2.24) is 10.2 Å². The van der Waals surface area contributed by atoms with Crippen molar-refractivity contribution in [2.24, 2.45) is 0 Å². The van der Waals surface area contributed by atoms with E-state index in [9.17, 15) is 9.59 Å². The number of carbonyl (C=O) groups is 2. The third-order valence-electron chi connectivity index (χ3n) is 4.98. The molecule has 1 unspecified atom stereocenters. The predicted molar refractivity (Wildman–Crippen MR) is 111 cm³/mol. The van der Waals surface area contributed by atoms with E-state index in [1.54, 1.807) is 0 Å². The maximum Gasteiger partial charge on any atom is 0.241 e. The number of nitrogens with one attached hydrogen (secondary N) is 2. The summed E-state index contributed by atoms with van der Waals surface area (Å²) in [4.78, 5) is 26.8. The number of hydrogen-bond acceptors (Lipinski definition) is 3. The Morgan fingerprint density at radius 3 is 2.63 bits per heavy atom. The van der Waals surface area contributed by atoms with Crippen molar-refractivity contribution >= 4 is 17.5 Å². The van der Waals surface area contributed by atoms with Crippen molar-refractivity contribution < 1.29 is 9.59 Å². The summed E-state index contributed by atoms with van der Waals surface area (Å²) in [6.07, 6.45) is 9.01. The first kappa shape index (κ1) is 21.2. The van der Waals surface area contributed by atoms with Crippen LogP contribution in [0.15, 0.2) is 42.0 Å². The molecule has 0 saturated carbocycles. The fourth-order valence-electron chi connectivity index (χ4n) is 3.37. The number of allylic oxidation sites excluding steroid dienone is 1. The Kier molecular flexibility index (Phi) is 9.05. The summed E-state index contributed by atoms with van der Waals surface area (Å²) in [7, 11) is 0. The van der Waals surface area contributed by atoms with Gasteiger partial charge in [-0.2, -0.15) is 0 Å². The molecule has 0 saturated heterocycles. The molecular formula is C22H33N3O2. The van der Waals surface area contributed by atoms with Crippen LogP contribution in [0.4, 0.5) is 5.69 Å². The molecule has 148 valence electrons. The van der Waals surface area contributed by atoms with Crippen molar-refractivity contribution in [3.63, 3.8) is 0 Å². The molecule has 1 aliphatic carbocycles. The topological polar surface area (TPSA) is 61.4 Å². The van der Waals surface area contributed by atoms with Gasteiger partial charge in [0.2, 0.25) is 11.8 Å². The zero-order valence-corrected chi connectivity index (χ0v) is 16.7. The van der Waals surface area contributed by atoms with Crippen LogP contribution >= 0.6 is 0 Å². The van der Waals surface area contributed by atoms with Crippen LogP contribution in [0.25, 0.3) is 0 Å². The Hall–Kier alpha value is -2.14. The highest BCUT2D eigenvalue weighted by Gasteiger charge is 2.22. The van der Waals surface area contributed by atoms with E-state index in [4.69, 9.17) is 0 Å². The SMILES string of the molecule is CCCN(CC(=O)NCCC1=CCCCC1)C(C)C(=O)Nc1ccccc1. The first-order valence-electron chi connectivity index (χ1n) is 10.1. The monoisotopic (exact) mass is 371 g/mol. The highest BCUT2D eigenvalue weighted by Crippen LogP contribution is 2.19. The Morgan fingerprint density at radius 2 is 1.96 bits per heavy atom. The summed E-state index contributed by atoms with van der Waals surface area (Å²) < 4.78 is 0. The minimum absolute atomic E-state index is 0.0146. The fourth-order valence-corrected chi connectivity index (χ4v) is 3.37. The average Bonchev–Trinajstić information content (AvgIpc) is 2.68. The summed E-state index contributed by atoms with van der Waals surface area (Å²) >= 11 is 0. The second-order valence-corrected chi connectivity index (χ2v) is 7.21. The fraction of sp³-hybridized carbons (Fsp3) is 0.545. The molecule has 0 fully saturated rings. The summed E-state index contributed by atoms with van der Waals surface area (Å²) in [5.41, 5.74) is 2.23. The van der Waals surface area contributed by atoms with Gasteiger partial charge in [0, 0.05) is 12.2 Å². The first-order chi connectivity index (χ1) is 13.1. The van der Waals surface area contributed by atoms with E-state index < -0.39 is 0 Å². The van der Waals surface area contributed by atoms with Gasteiger partial charge in [0.25, 0.3) is 0 Å². The summed E-state index contributed by atoms with van der Waals surface area (Å²) in [6, 6.07) is 9.05. The lowest BCUT2D eigenvalue weighted by Gasteiger charge is -2.27. The van der Waals surface area contributed by atoms with Gasteiger partial charge < -0.3 is 10.6 Å². The molecule has 2 N–H and O–H groups in total. The molecule has 5 nitrogen and oxygen atoms in total. The standard InChI is InChI=1S/C22H33N3O2/c1-3-16-25(18(2)22(27)24-20-12-8-5-9-13-20)17-21(26)23-15-14-19-10-6-4-7-11-19/h5,8-10,12-13,18H,3-4,6-7,11,14-17H2,1-2H3,(H,23,26)(H,24,27). The zero-order chi connectivity index (χ0) is 19.5. The second kappa shape index (κ2) is 11.5. The van der Waals surface area contributed by atoms with Crippen molar-refractivity contribution in [2.45, 2.75) is 58.4 Å². The van der Waals surface area contributed by atoms with E-state index in [2.05, 4.69) is 23.6 Å². The molecule has 0 aliphatic heterocycles. The van der Waals surface area contributed by atoms with Gasteiger partial charge in [-0.25, -0.2) is 0 Å². The molecule has 0 bridgehead atoms. The lowest BCUT2D eigenvalue weighted by Crippen LogP contribution is -2.47. The number of hydrogen-bond donors (Lipinski definition) is 2. The number of benzene rings is 1. The van der Waals surface area contributed by atoms with Crippen LogP contribution in [-0.4, -0.2) is 42.4 Å². The third-order valence-corrected chi connectivity index (χ3v) is 4.98. The number of rotatable bonds is 10. The molecule has 1 aliphatic rings. The minimum Gasteiger partial charge on any atom is -0.355 e. The Bertz CT molecular complexity index is 628. The zero-order valence-electron chi connectivity index (χ0n) is 16.7. The first-order valence-corrected chi connectivity index (χ1v) is 10.1. The molecule has 2 amide bonds. The largest absolute Gasteiger partial charge is 0.355 e. The molecule has 1 atom stereocenters. The summed E-state index contributed by atoms with van der Waals surface area (Å²) in [5, 5.41) is 5.93. The smallest absolute Gasteiger partial charge is 0.241 e. The van der Waals surface area contributed by atoms with Crippen molar-refractivity contribution in [1.29, 1.82) is 0 Å². The molecule has 0 aromatic heterocycles. The van der Waals surface area contributed by atoms with E-state index in [1.807, 2.05) is 42.2 Å². The number of carbonyl (C=O) groups excluding carboxylic acids is 2. The van der Waals surface area contributed by atoms with Crippen LogP contribution in [-0.2, 0) is 9.59 Å². The second-order valence-electron chi connectivity index (χ2n) is 7.21. The molecule has 0 heterocycles. The molecule has 1 aromatic rings. The highest BCUT2D eigenvalue weighted by molar-refractivity contribution is 5.94. The molecular weight excluding hydrogens is 338 g/mol. The average molecular weight is 372 g/mol. The Labute approximate surface area is 163 Å². The van der Waals surface area contributed by atoms with Crippen LogP contribution in [0.2, 0.25) is 0 Å². The maximum absolute atomic E-state index is 12.5. The van der Waals surface area contributed by atoms with Crippen molar-refractivity contribution in [3.8, 4) is 0 Å². The normalized spacial score (nSPS) is 15.1. The molecule has 0 radical (unpaired) electrons. The predicted octanol–water partition coefficient (Wildman–Crippen LogP) is 3.73. The number of anilines is 1. The van der Waals surface area contributed by atoms with Gasteiger partial charge in [0.05, 0.1) is 12.6 Å². The highest BCUT2D eigenvalue weighted by atomic mass is 16.2. The van der Waals surface area contributed by atoms with E-state index in [0.29, 0.717) is 13.1 Å². The third kappa shape index (κ3) is 7.55. The van der Waals surface area contributed by atoms with Crippen LogP contribution < -0.4 is 10.6 Å². The molecule has 27 heavy (non-hydrogen) atoms. The van der Waals surface area contributed by atoms with Gasteiger partial charge in [-0.1, -0.05) is 36.8 Å². The van der Waals surface area contributed by atoms with Crippen LogP contribution in [0.1, 0.15) is 52.4 Å². The summed E-state index contributed by atoms with van der Waals surface area (Å²) in [6.45, 7) is 5.55. The van der Waals surface area contributed by atoms with E-state index in [0.717, 1.165) is 24.9 Å². The van der Waals surface area contributed by atoms with Gasteiger partial charge in [-0.05, 0) is 64.1 Å². The minimum atomic E-state index is -0.364. The Morgan fingerprint density at radius 1 is 1.19 bits per heavy atom. The lowest BCUT2D eigenvalue weighted by molar-refractivity contribution is -0.125. The van der Waals surface area contributed by atoms with Crippen LogP contribution in [0.5, 0.6) is 0 Å². The van der Waals surface area contributed by atoms with Gasteiger partial charge in [-0.15, -0.1) is 0 Å². The van der Waals surface area contributed by atoms with E-state index in [-0.39, 0.29) is 24.4 Å². The molecule has 5 heteroatoms. The van der Waals surface area contributed by atoms with Gasteiger partial charge in [0.1, 0.15) is 0 Å². The van der Waals surface area contributed by atoms with Crippen molar-refractivity contribution in [2.75, 3.05) is 25.0 Å². The summed E-state index contributed by atoms with van der Waals surface area (Å²) in [5.74, 6) is -0.103. The quantitative estimate of drug-likeness (QED) is 0.616. The number of nitrogens with zero attached hydrogens (tertiary/aromatic N) is 1. The van der Waals surface area contributed by atoms with E-state index >= 15 is 0 Å². The van der Waals surface area contributed by atoms with Crippen molar-refractivity contribution in [3.05, 3.63) is 42.0 Å². The van der Waals surface area contributed by atoms with Gasteiger partial charge in [-0.3, -0.25) is 14.5 Å². The van der Waals surface area contributed by atoms with Crippen LogP contribution in [0, 0.1) is 0 Å². The van der Waals surface area contributed by atoms with E-state index in [1.165, 1.54) is 24.8 Å². The number of para-hydroxylation sites is 1. The van der Waals surface area contributed by atoms with Gasteiger partial charge >= 0.3 is 0 Å². The lowest BCUT2D eigenvalue weighted by atomic mass is 9.97.